The van der Waals surface area contributed by atoms with Crippen LogP contribution < -0.4 is 0 Å². The fourth-order valence-electron chi connectivity index (χ4n) is 2.76. The van der Waals surface area contributed by atoms with Crippen LogP contribution in [0.25, 0.3) is 0 Å². The van der Waals surface area contributed by atoms with Crippen LogP contribution in [0.1, 0.15) is 57.6 Å². The molecule has 1 aliphatic rings. The molecule has 2 rings (SSSR count). The van der Waals surface area contributed by atoms with E-state index in [1.165, 1.54) is 12.6 Å². The maximum atomic E-state index is 12.3. The zero-order chi connectivity index (χ0) is 17.4. The third-order valence-corrected chi connectivity index (χ3v) is 4.00. The van der Waals surface area contributed by atoms with Gasteiger partial charge < -0.3 is 14.2 Å². The lowest BCUT2D eigenvalue weighted by Crippen LogP contribution is -2.32. The van der Waals surface area contributed by atoms with E-state index in [0.29, 0.717) is 5.56 Å². The predicted molar refractivity (Wildman–Crippen MR) is 87.1 cm³/mol. The van der Waals surface area contributed by atoms with Gasteiger partial charge in [0.25, 0.3) is 0 Å². The Morgan fingerprint density at radius 3 is 2.62 bits per heavy atom. The standard InChI is InChI=1S/C18H25NO5/c1-3-22-18(21)16(14-8-7-11-19-12-14)24-17(20)13(2)23-15-9-5-4-6-10-15/h7-8,11-13,15-16H,3-6,9-10H2,1-2H3/t13-,16+/m1/s1. The van der Waals surface area contributed by atoms with Crippen LogP contribution in [0.2, 0.25) is 0 Å². The highest BCUT2D eigenvalue weighted by molar-refractivity contribution is 5.82. The molecule has 1 aliphatic carbocycles. The lowest BCUT2D eigenvalue weighted by molar-refractivity contribution is -0.177. The molecule has 6 heteroatoms. The van der Waals surface area contributed by atoms with E-state index in [1.54, 1.807) is 32.2 Å². The third kappa shape index (κ3) is 5.30. The molecule has 0 aliphatic heterocycles. The van der Waals surface area contributed by atoms with Crippen LogP contribution >= 0.6 is 0 Å². The molecule has 0 unspecified atom stereocenters. The molecule has 1 aromatic rings. The highest BCUT2D eigenvalue weighted by atomic mass is 16.6. The lowest BCUT2D eigenvalue weighted by Gasteiger charge is -2.25. The molecule has 1 heterocycles. The largest absolute Gasteiger partial charge is 0.463 e. The average Bonchev–Trinajstić information content (AvgIpc) is 2.61. The zero-order valence-electron chi connectivity index (χ0n) is 14.3. The summed E-state index contributed by atoms with van der Waals surface area (Å²) in [5, 5.41) is 0. The zero-order valence-corrected chi connectivity index (χ0v) is 14.3. The van der Waals surface area contributed by atoms with Crippen LogP contribution in [0.3, 0.4) is 0 Å². The Balaban J connectivity index is 1.99. The van der Waals surface area contributed by atoms with Gasteiger partial charge in [-0.15, -0.1) is 0 Å². The number of rotatable bonds is 7. The fraction of sp³-hybridized carbons (Fsp3) is 0.611. The highest BCUT2D eigenvalue weighted by Crippen LogP contribution is 2.23. The molecule has 132 valence electrons. The van der Waals surface area contributed by atoms with Gasteiger partial charge in [0.2, 0.25) is 6.10 Å². The van der Waals surface area contributed by atoms with E-state index in [0.717, 1.165) is 25.7 Å². The van der Waals surface area contributed by atoms with Crippen molar-refractivity contribution in [3.63, 3.8) is 0 Å². The van der Waals surface area contributed by atoms with Crippen LogP contribution in [-0.4, -0.2) is 35.7 Å². The van der Waals surface area contributed by atoms with E-state index < -0.39 is 24.1 Å². The molecule has 24 heavy (non-hydrogen) atoms. The van der Waals surface area contributed by atoms with E-state index in [4.69, 9.17) is 14.2 Å². The smallest absolute Gasteiger partial charge is 0.352 e. The second-order valence-corrected chi connectivity index (χ2v) is 5.89. The predicted octanol–water partition coefficient (Wildman–Crippen LogP) is 2.97. The van der Waals surface area contributed by atoms with E-state index in [-0.39, 0.29) is 12.7 Å². The van der Waals surface area contributed by atoms with Gasteiger partial charge in [-0.2, -0.15) is 0 Å². The number of carbonyl (C=O) groups is 2. The summed E-state index contributed by atoms with van der Waals surface area (Å²) in [5.41, 5.74) is 0.481. The summed E-state index contributed by atoms with van der Waals surface area (Å²) in [6.45, 7) is 3.57. The van der Waals surface area contributed by atoms with Gasteiger partial charge in [-0.25, -0.2) is 9.59 Å². The van der Waals surface area contributed by atoms with Gasteiger partial charge in [0.15, 0.2) is 6.10 Å². The number of nitrogens with zero attached hydrogens (tertiary/aromatic N) is 1. The second-order valence-electron chi connectivity index (χ2n) is 5.89. The van der Waals surface area contributed by atoms with Crippen LogP contribution in [0.15, 0.2) is 24.5 Å². The Bertz CT molecular complexity index is 527. The molecule has 0 radical (unpaired) electrons. The lowest BCUT2D eigenvalue weighted by atomic mass is 9.98. The van der Waals surface area contributed by atoms with Crippen LogP contribution in [-0.2, 0) is 23.8 Å². The van der Waals surface area contributed by atoms with Gasteiger partial charge in [0.1, 0.15) is 0 Å². The van der Waals surface area contributed by atoms with E-state index in [1.807, 2.05) is 0 Å². The topological polar surface area (TPSA) is 74.7 Å². The van der Waals surface area contributed by atoms with Crippen molar-refractivity contribution in [1.82, 2.24) is 4.98 Å². The molecular weight excluding hydrogens is 310 g/mol. The molecule has 0 bridgehead atoms. The molecule has 6 nitrogen and oxygen atoms in total. The van der Waals surface area contributed by atoms with Crippen molar-refractivity contribution >= 4 is 11.9 Å². The Hall–Kier alpha value is -1.95. The normalized spacial score (nSPS) is 17.8. The first-order valence-corrected chi connectivity index (χ1v) is 8.54. The Labute approximate surface area is 142 Å². The average molecular weight is 335 g/mol. The summed E-state index contributed by atoms with van der Waals surface area (Å²) in [4.78, 5) is 28.4. The summed E-state index contributed by atoms with van der Waals surface area (Å²) in [6.07, 6.45) is 6.68. The molecule has 0 amide bonds. The van der Waals surface area contributed by atoms with Crippen LogP contribution in [0.4, 0.5) is 0 Å². The van der Waals surface area contributed by atoms with Crippen molar-refractivity contribution < 1.29 is 23.8 Å². The van der Waals surface area contributed by atoms with E-state index in [2.05, 4.69) is 4.98 Å². The van der Waals surface area contributed by atoms with Crippen LogP contribution in [0, 0.1) is 0 Å². The second kappa shape index (κ2) is 9.37. The number of hydrogen-bond donors (Lipinski definition) is 0. The van der Waals surface area contributed by atoms with Gasteiger partial charge in [0, 0.05) is 18.0 Å². The minimum Gasteiger partial charge on any atom is -0.463 e. The molecule has 1 saturated carbocycles. The fourth-order valence-corrected chi connectivity index (χ4v) is 2.76. The summed E-state index contributed by atoms with van der Waals surface area (Å²) in [5.74, 6) is -1.17. The number of carbonyl (C=O) groups excluding carboxylic acids is 2. The molecule has 0 aromatic carbocycles. The highest BCUT2D eigenvalue weighted by Gasteiger charge is 2.30. The van der Waals surface area contributed by atoms with Gasteiger partial charge in [0.05, 0.1) is 12.7 Å². The van der Waals surface area contributed by atoms with Gasteiger partial charge >= 0.3 is 11.9 Å². The summed E-state index contributed by atoms with van der Waals surface area (Å²) < 4.78 is 16.2. The first-order chi connectivity index (χ1) is 11.6. The number of ether oxygens (including phenoxy) is 3. The van der Waals surface area contributed by atoms with E-state index >= 15 is 0 Å². The number of pyridine rings is 1. The number of hydrogen-bond acceptors (Lipinski definition) is 6. The Morgan fingerprint density at radius 1 is 1.25 bits per heavy atom. The van der Waals surface area contributed by atoms with Crippen molar-refractivity contribution in [3.05, 3.63) is 30.1 Å². The maximum absolute atomic E-state index is 12.3. The van der Waals surface area contributed by atoms with Crippen molar-refractivity contribution in [3.8, 4) is 0 Å². The van der Waals surface area contributed by atoms with Gasteiger partial charge in [-0.1, -0.05) is 25.3 Å². The summed E-state index contributed by atoms with van der Waals surface area (Å²) >= 11 is 0. The molecule has 0 N–H and O–H groups in total. The van der Waals surface area contributed by atoms with Crippen molar-refractivity contribution in [2.45, 2.75) is 64.3 Å². The van der Waals surface area contributed by atoms with E-state index in [9.17, 15) is 9.59 Å². The SMILES string of the molecule is CCOC(=O)[C@@H](OC(=O)[C@@H](C)OC1CCCCC1)c1cccnc1. The molecule has 0 saturated heterocycles. The minimum absolute atomic E-state index is 0.0840. The van der Waals surface area contributed by atoms with Crippen molar-refractivity contribution in [2.24, 2.45) is 0 Å². The molecular formula is C18H25NO5. The number of esters is 2. The van der Waals surface area contributed by atoms with Gasteiger partial charge in [-0.3, -0.25) is 4.98 Å². The minimum atomic E-state index is -1.12. The molecule has 1 aromatic heterocycles. The number of aromatic nitrogens is 1. The van der Waals surface area contributed by atoms with Crippen molar-refractivity contribution in [2.75, 3.05) is 6.61 Å². The third-order valence-electron chi connectivity index (χ3n) is 4.00. The van der Waals surface area contributed by atoms with Crippen LogP contribution in [0.5, 0.6) is 0 Å². The maximum Gasteiger partial charge on any atom is 0.352 e. The Kier molecular flexibility index (Phi) is 7.18. The summed E-state index contributed by atoms with van der Waals surface area (Å²) in [7, 11) is 0. The first-order valence-electron chi connectivity index (χ1n) is 8.54. The summed E-state index contributed by atoms with van der Waals surface area (Å²) in [6, 6.07) is 3.35. The quantitative estimate of drug-likeness (QED) is 0.713. The first kappa shape index (κ1) is 18.4. The van der Waals surface area contributed by atoms with Gasteiger partial charge in [-0.05, 0) is 32.8 Å². The van der Waals surface area contributed by atoms with Crippen molar-refractivity contribution in [1.29, 1.82) is 0 Å². The molecule has 1 fully saturated rings. The monoisotopic (exact) mass is 335 g/mol. The molecule has 0 spiro atoms. The Morgan fingerprint density at radius 2 is 2.00 bits per heavy atom. The molecule has 2 atom stereocenters.